The summed E-state index contributed by atoms with van der Waals surface area (Å²) in [5, 5.41) is 19.0. The van der Waals surface area contributed by atoms with E-state index in [1.165, 1.54) is 18.1 Å². The number of esters is 1. The monoisotopic (exact) mass is 377 g/mol. The van der Waals surface area contributed by atoms with Gasteiger partial charge in [-0.15, -0.1) is 0 Å². The zero-order valence-corrected chi connectivity index (χ0v) is 15.7. The molecule has 1 aromatic carbocycles. The van der Waals surface area contributed by atoms with Gasteiger partial charge in [0.2, 0.25) is 0 Å². The summed E-state index contributed by atoms with van der Waals surface area (Å²) in [4.78, 5) is 24.1. The normalized spacial score (nSPS) is 10.0. The number of benzene rings is 1. The summed E-state index contributed by atoms with van der Waals surface area (Å²) in [7, 11) is 1.47. The predicted molar refractivity (Wildman–Crippen MR) is 97.7 cm³/mol. The van der Waals surface area contributed by atoms with E-state index < -0.39 is 12.0 Å². The van der Waals surface area contributed by atoms with Crippen LogP contribution in [0.4, 0.5) is 0 Å². The molecule has 27 heavy (non-hydrogen) atoms. The van der Waals surface area contributed by atoms with Gasteiger partial charge in [-0.1, -0.05) is 19.6 Å². The van der Waals surface area contributed by atoms with E-state index in [4.69, 9.17) is 19.6 Å². The fraction of sp³-hybridized carbons (Fsp3) is 0.421. The average Bonchev–Trinajstić information content (AvgIpc) is 2.67. The van der Waals surface area contributed by atoms with Crippen LogP contribution in [0.3, 0.4) is 0 Å². The van der Waals surface area contributed by atoms with Crippen LogP contribution in [-0.2, 0) is 20.9 Å². The van der Waals surface area contributed by atoms with E-state index in [0.717, 1.165) is 0 Å². The van der Waals surface area contributed by atoms with Crippen LogP contribution in [0.2, 0.25) is 0 Å². The zero-order valence-electron chi connectivity index (χ0n) is 15.7. The van der Waals surface area contributed by atoms with E-state index in [9.17, 15) is 14.7 Å². The fourth-order valence-corrected chi connectivity index (χ4v) is 2.12. The molecule has 148 valence electrons. The summed E-state index contributed by atoms with van der Waals surface area (Å²) < 4.78 is 15.6. The molecule has 0 saturated carbocycles. The molecule has 0 aliphatic heterocycles. The van der Waals surface area contributed by atoms with Gasteiger partial charge < -0.3 is 24.2 Å². The number of hydrogen-bond donors (Lipinski definition) is 1. The number of carbonyl (C=O) groups excluding carboxylic acids is 2. The van der Waals surface area contributed by atoms with Gasteiger partial charge in [-0.3, -0.25) is 15.0 Å². The number of rotatable bonds is 12. The highest BCUT2D eigenvalue weighted by molar-refractivity contribution is 5.79. The van der Waals surface area contributed by atoms with Crippen molar-refractivity contribution in [2.24, 2.45) is 0 Å². The van der Waals surface area contributed by atoms with Crippen molar-refractivity contribution in [1.82, 2.24) is 4.90 Å². The molecule has 0 heterocycles. The van der Waals surface area contributed by atoms with Gasteiger partial charge in [-0.2, -0.15) is 0 Å². The topological polar surface area (TPSA) is 112 Å². The fourth-order valence-electron chi connectivity index (χ4n) is 2.12. The largest absolute Gasteiger partial charge is 0.846 e. The average molecular weight is 377 g/mol. The van der Waals surface area contributed by atoms with E-state index in [0.29, 0.717) is 23.5 Å². The number of nitrogens with one attached hydrogen (secondary N) is 1. The van der Waals surface area contributed by atoms with Crippen LogP contribution >= 0.6 is 0 Å². The number of ketones is 1. The number of methoxy groups -OCH3 is 1. The first-order valence-corrected chi connectivity index (χ1v) is 8.49. The lowest BCUT2D eigenvalue weighted by molar-refractivity contribution is -0.237. The zero-order chi connectivity index (χ0) is 20.2. The lowest BCUT2D eigenvalue weighted by Crippen LogP contribution is -2.40. The van der Waals surface area contributed by atoms with Crippen molar-refractivity contribution in [2.75, 3.05) is 26.9 Å². The molecule has 0 aliphatic rings. The summed E-state index contributed by atoms with van der Waals surface area (Å²) in [6.07, 6.45) is 1.82. The van der Waals surface area contributed by atoms with Crippen LogP contribution < -0.4 is 14.6 Å². The van der Waals surface area contributed by atoms with Gasteiger partial charge in [-0.05, 0) is 12.1 Å². The molecule has 0 amide bonds. The third kappa shape index (κ3) is 7.81. The number of carbonyl (C=O) groups is 2. The van der Waals surface area contributed by atoms with Gasteiger partial charge in [-0.25, -0.2) is 0 Å². The van der Waals surface area contributed by atoms with Gasteiger partial charge in [0.15, 0.2) is 5.78 Å². The van der Waals surface area contributed by atoms with Gasteiger partial charge in [0, 0.05) is 37.2 Å². The Kier molecular flexibility index (Phi) is 9.42. The molecular weight excluding hydrogens is 352 g/mol. The molecule has 0 fully saturated rings. The van der Waals surface area contributed by atoms with E-state index in [-0.39, 0.29) is 38.5 Å². The maximum absolute atomic E-state index is 11.6. The van der Waals surface area contributed by atoms with E-state index in [1.54, 1.807) is 25.1 Å². The number of amidine groups is 1. The Balaban J connectivity index is 2.77. The van der Waals surface area contributed by atoms with Crippen LogP contribution in [0.5, 0.6) is 11.5 Å². The number of nitrogens with zero attached hydrogens (tertiary/aromatic N) is 1. The minimum atomic E-state index is -0.914. The third-order valence-corrected chi connectivity index (χ3v) is 3.65. The highest BCUT2D eigenvalue weighted by atomic mass is 16.5. The molecule has 1 rings (SSSR count). The number of hydrogen-bond acceptors (Lipinski definition) is 7. The standard InChI is InChI=1S/C19H26N2O6/c1-4-10-26-18(23)8-9-21(19(20)24)12-14-6-7-16(11-17(14)25-3)27-13-15(22)5-2/h4,6-7,11H,1,5,8-10,12-13H2,2-3H3,(H2,20,24)/p-1. The van der Waals surface area contributed by atoms with Gasteiger partial charge >= 0.3 is 5.97 Å². The summed E-state index contributed by atoms with van der Waals surface area (Å²) in [5.74, 6) is 0.427. The first-order valence-electron chi connectivity index (χ1n) is 8.49. The van der Waals surface area contributed by atoms with Crippen molar-refractivity contribution in [2.45, 2.75) is 26.3 Å². The van der Waals surface area contributed by atoms with Crippen LogP contribution in [-0.4, -0.2) is 49.5 Å². The molecule has 0 aromatic heterocycles. The number of ether oxygens (including phenoxy) is 3. The van der Waals surface area contributed by atoms with Gasteiger partial charge in [0.05, 0.1) is 13.5 Å². The molecular formula is C19H25N2O6-. The van der Waals surface area contributed by atoms with Crippen molar-refractivity contribution < 1.29 is 28.9 Å². The van der Waals surface area contributed by atoms with E-state index in [1.807, 2.05) is 0 Å². The molecule has 0 unspecified atom stereocenters. The van der Waals surface area contributed by atoms with E-state index in [2.05, 4.69) is 6.58 Å². The predicted octanol–water partition coefficient (Wildman–Crippen LogP) is 1.27. The van der Waals surface area contributed by atoms with Crippen molar-refractivity contribution in [3.05, 3.63) is 36.4 Å². The van der Waals surface area contributed by atoms with Gasteiger partial charge in [0.25, 0.3) is 0 Å². The lowest BCUT2D eigenvalue weighted by atomic mass is 10.1. The Labute approximate surface area is 158 Å². The van der Waals surface area contributed by atoms with Crippen molar-refractivity contribution in [3.63, 3.8) is 0 Å². The molecule has 0 radical (unpaired) electrons. The molecule has 0 atom stereocenters. The Morgan fingerprint density at radius 3 is 2.70 bits per heavy atom. The molecule has 1 N–H and O–H groups in total. The SMILES string of the molecule is C=CCOC(=O)CCN(Cc1ccc(OCC(=O)CC)cc1OC)C(=N)[O-]. The molecule has 0 saturated heterocycles. The molecule has 8 nitrogen and oxygen atoms in total. The first-order chi connectivity index (χ1) is 12.9. The second kappa shape index (κ2) is 11.6. The second-order valence-corrected chi connectivity index (χ2v) is 5.60. The van der Waals surface area contributed by atoms with E-state index >= 15 is 0 Å². The maximum atomic E-state index is 11.6. The molecule has 0 aliphatic carbocycles. The summed E-state index contributed by atoms with van der Waals surface area (Å²) in [6, 6.07) is 4.05. The summed E-state index contributed by atoms with van der Waals surface area (Å²) in [6.45, 7) is 5.42. The minimum Gasteiger partial charge on any atom is -0.846 e. The summed E-state index contributed by atoms with van der Waals surface area (Å²) in [5.41, 5.74) is 0.645. The van der Waals surface area contributed by atoms with Crippen LogP contribution in [0.15, 0.2) is 30.9 Å². The van der Waals surface area contributed by atoms with Crippen molar-refractivity contribution >= 4 is 17.8 Å². The van der Waals surface area contributed by atoms with Crippen LogP contribution in [0, 0.1) is 5.41 Å². The molecule has 8 heteroatoms. The maximum Gasteiger partial charge on any atom is 0.307 e. The highest BCUT2D eigenvalue weighted by Gasteiger charge is 2.13. The third-order valence-electron chi connectivity index (χ3n) is 3.65. The highest BCUT2D eigenvalue weighted by Crippen LogP contribution is 2.26. The van der Waals surface area contributed by atoms with Crippen molar-refractivity contribution in [3.8, 4) is 11.5 Å². The Bertz CT molecular complexity index is 674. The van der Waals surface area contributed by atoms with Crippen LogP contribution in [0.25, 0.3) is 0 Å². The minimum absolute atomic E-state index is 0.0210. The summed E-state index contributed by atoms with van der Waals surface area (Å²) >= 11 is 0. The van der Waals surface area contributed by atoms with Gasteiger partial charge in [0.1, 0.15) is 24.7 Å². The molecule has 1 aromatic rings. The number of Topliss-reactive ketones (excluding diaryl/α,β-unsaturated/α-hetero) is 1. The van der Waals surface area contributed by atoms with Crippen LogP contribution in [0.1, 0.15) is 25.3 Å². The smallest absolute Gasteiger partial charge is 0.307 e. The Morgan fingerprint density at radius 1 is 1.37 bits per heavy atom. The Morgan fingerprint density at radius 2 is 2.11 bits per heavy atom. The molecule has 0 bridgehead atoms. The lowest BCUT2D eigenvalue weighted by Gasteiger charge is -2.28. The molecule has 0 spiro atoms. The second-order valence-electron chi connectivity index (χ2n) is 5.60. The first kappa shape index (κ1) is 22.0. The quantitative estimate of drug-likeness (QED) is 0.253. The Hall–Kier alpha value is -3.03. The van der Waals surface area contributed by atoms with Crippen molar-refractivity contribution in [1.29, 1.82) is 5.41 Å².